The molecule has 0 aliphatic rings. The Bertz CT molecular complexity index is 353. The highest BCUT2D eigenvalue weighted by molar-refractivity contribution is 5.29. The first kappa shape index (κ1) is 16.0. The van der Waals surface area contributed by atoms with Crippen molar-refractivity contribution in [2.75, 3.05) is 13.7 Å². The predicted octanol–water partition coefficient (Wildman–Crippen LogP) is 3.85. The van der Waals surface area contributed by atoms with Crippen molar-refractivity contribution in [1.82, 2.24) is 10.3 Å². The van der Waals surface area contributed by atoms with Crippen LogP contribution < -0.4 is 10.1 Å². The quantitative estimate of drug-likeness (QED) is 0.652. The molecule has 19 heavy (non-hydrogen) atoms. The predicted molar refractivity (Wildman–Crippen MR) is 80.6 cm³/mol. The van der Waals surface area contributed by atoms with E-state index in [1.807, 2.05) is 26.1 Å². The van der Waals surface area contributed by atoms with E-state index in [0.29, 0.717) is 0 Å². The lowest BCUT2D eigenvalue weighted by Gasteiger charge is -2.11. The van der Waals surface area contributed by atoms with Gasteiger partial charge in [-0.2, -0.15) is 0 Å². The van der Waals surface area contributed by atoms with E-state index in [-0.39, 0.29) is 0 Å². The van der Waals surface area contributed by atoms with Gasteiger partial charge in [-0.05, 0) is 32.5 Å². The Hall–Kier alpha value is -1.09. The second-order valence-electron chi connectivity index (χ2n) is 5.04. The molecular weight excluding hydrogens is 236 g/mol. The highest BCUT2D eigenvalue weighted by Gasteiger charge is 2.04. The Morgan fingerprint density at radius 3 is 2.58 bits per heavy atom. The van der Waals surface area contributed by atoms with E-state index in [2.05, 4.69) is 17.2 Å². The maximum atomic E-state index is 5.85. The zero-order chi connectivity index (χ0) is 13.9. The first-order chi connectivity index (χ1) is 9.27. The van der Waals surface area contributed by atoms with Crippen molar-refractivity contribution < 1.29 is 4.74 Å². The molecule has 0 fully saturated rings. The summed E-state index contributed by atoms with van der Waals surface area (Å²) in [5, 5.41) is 3.13. The number of nitrogens with zero attached hydrogens (tertiary/aromatic N) is 1. The third-order valence-corrected chi connectivity index (χ3v) is 3.17. The molecule has 1 aromatic heterocycles. The van der Waals surface area contributed by atoms with Crippen molar-refractivity contribution >= 4 is 0 Å². The summed E-state index contributed by atoms with van der Waals surface area (Å²) in [6.45, 7) is 5.81. The lowest BCUT2D eigenvalue weighted by molar-refractivity contribution is 0.299. The summed E-state index contributed by atoms with van der Waals surface area (Å²) >= 11 is 0. The molecular formula is C16H28N2O. The average Bonchev–Trinajstić information content (AvgIpc) is 2.40. The molecule has 0 aliphatic carbocycles. The Balaban J connectivity index is 2.28. The van der Waals surface area contributed by atoms with E-state index in [4.69, 9.17) is 4.74 Å². The fourth-order valence-electron chi connectivity index (χ4n) is 2.09. The van der Waals surface area contributed by atoms with Crippen molar-refractivity contribution in [3.63, 3.8) is 0 Å². The molecule has 3 heteroatoms. The topological polar surface area (TPSA) is 34.1 Å². The Kier molecular flexibility index (Phi) is 8.23. The zero-order valence-corrected chi connectivity index (χ0v) is 12.7. The molecule has 0 radical (unpaired) electrons. The molecule has 0 bridgehead atoms. The monoisotopic (exact) mass is 264 g/mol. The summed E-state index contributed by atoms with van der Waals surface area (Å²) in [6, 6.07) is 4.04. The highest BCUT2D eigenvalue weighted by atomic mass is 16.5. The van der Waals surface area contributed by atoms with Crippen LogP contribution in [0.5, 0.6) is 5.75 Å². The van der Waals surface area contributed by atoms with Crippen LogP contribution in [0.4, 0.5) is 0 Å². The third-order valence-electron chi connectivity index (χ3n) is 3.17. The van der Waals surface area contributed by atoms with Gasteiger partial charge in [0.2, 0.25) is 0 Å². The Morgan fingerprint density at radius 2 is 1.84 bits per heavy atom. The fourth-order valence-corrected chi connectivity index (χ4v) is 2.09. The van der Waals surface area contributed by atoms with Crippen LogP contribution in [-0.2, 0) is 6.54 Å². The van der Waals surface area contributed by atoms with E-state index in [9.17, 15) is 0 Å². The minimum absolute atomic E-state index is 0.757. The van der Waals surface area contributed by atoms with Crippen molar-refractivity contribution in [3.05, 3.63) is 23.5 Å². The number of nitrogens with one attached hydrogen (secondary N) is 1. The van der Waals surface area contributed by atoms with Crippen LogP contribution in [0.15, 0.2) is 12.1 Å². The number of aryl methyl sites for hydroxylation is 1. The van der Waals surface area contributed by atoms with Gasteiger partial charge < -0.3 is 10.1 Å². The fraction of sp³-hybridized carbons (Fsp3) is 0.688. The van der Waals surface area contributed by atoms with Crippen LogP contribution in [0.25, 0.3) is 0 Å². The maximum Gasteiger partial charge on any atom is 0.142 e. The first-order valence-electron chi connectivity index (χ1n) is 7.51. The number of rotatable bonds is 10. The molecule has 0 atom stereocenters. The van der Waals surface area contributed by atoms with E-state index < -0.39 is 0 Å². The van der Waals surface area contributed by atoms with Gasteiger partial charge >= 0.3 is 0 Å². The molecule has 1 heterocycles. The van der Waals surface area contributed by atoms with Crippen LogP contribution in [0, 0.1) is 6.92 Å². The van der Waals surface area contributed by atoms with Gasteiger partial charge in [-0.25, -0.2) is 0 Å². The number of ether oxygens (including phenoxy) is 1. The average molecular weight is 264 g/mol. The van der Waals surface area contributed by atoms with Gasteiger partial charge in [0.25, 0.3) is 0 Å². The highest BCUT2D eigenvalue weighted by Crippen LogP contribution is 2.17. The molecule has 3 nitrogen and oxygen atoms in total. The molecule has 0 saturated carbocycles. The van der Waals surface area contributed by atoms with Crippen LogP contribution in [0.1, 0.15) is 56.8 Å². The van der Waals surface area contributed by atoms with Gasteiger partial charge in [-0.15, -0.1) is 0 Å². The summed E-state index contributed by atoms with van der Waals surface area (Å²) in [5.74, 6) is 0.925. The summed E-state index contributed by atoms with van der Waals surface area (Å²) in [6.07, 6.45) is 7.74. The number of aromatic nitrogens is 1. The molecule has 108 valence electrons. The molecule has 0 aliphatic heterocycles. The number of hydrogen-bond donors (Lipinski definition) is 1. The Morgan fingerprint density at radius 1 is 1.11 bits per heavy atom. The third kappa shape index (κ3) is 6.58. The smallest absolute Gasteiger partial charge is 0.142 e. The van der Waals surface area contributed by atoms with Gasteiger partial charge in [0.1, 0.15) is 5.75 Å². The van der Waals surface area contributed by atoms with Crippen molar-refractivity contribution in [2.24, 2.45) is 0 Å². The summed E-state index contributed by atoms with van der Waals surface area (Å²) < 4.78 is 5.85. The summed E-state index contributed by atoms with van der Waals surface area (Å²) in [7, 11) is 1.93. The van der Waals surface area contributed by atoms with Crippen molar-refractivity contribution in [1.29, 1.82) is 0 Å². The molecule has 0 unspecified atom stereocenters. The minimum atomic E-state index is 0.757. The Labute approximate surface area is 117 Å². The largest absolute Gasteiger partial charge is 0.492 e. The maximum absolute atomic E-state index is 5.85. The summed E-state index contributed by atoms with van der Waals surface area (Å²) in [4.78, 5) is 4.51. The second kappa shape index (κ2) is 9.79. The zero-order valence-electron chi connectivity index (χ0n) is 12.7. The van der Waals surface area contributed by atoms with Crippen molar-refractivity contribution in [3.8, 4) is 5.75 Å². The molecule has 0 amide bonds. The lowest BCUT2D eigenvalue weighted by Crippen LogP contribution is -2.10. The normalized spacial score (nSPS) is 10.7. The number of unbranched alkanes of at least 4 members (excludes halogenated alkanes) is 5. The molecule has 1 N–H and O–H groups in total. The standard InChI is InChI=1S/C16H28N2O/c1-4-5-6-7-8-9-12-19-16-11-10-14(2)18-15(16)13-17-3/h10-11,17H,4-9,12-13H2,1-3H3. The van der Waals surface area contributed by atoms with E-state index in [1.165, 1.54) is 32.1 Å². The molecule has 1 rings (SSSR count). The van der Waals surface area contributed by atoms with Gasteiger partial charge in [-0.1, -0.05) is 39.0 Å². The summed E-state index contributed by atoms with van der Waals surface area (Å²) in [5.41, 5.74) is 2.05. The van der Waals surface area contributed by atoms with Gasteiger partial charge in [-0.3, -0.25) is 4.98 Å². The van der Waals surface area contributed by atoms with Crippen LogP contribution in [-0.4, -0.2) is 18.6 Å². The first-order valence-corrected chi connectivity index (χ1v) is 7.51. The minimum Gasteiger partial charge on any atom is -0.492 e. The number of hydrogen-bond acceptors (Lipinski definition) is 3. The van der Waals surface area contributed by atoms with E-state index in [1.54, 1.807) is 0 Å². The molecule has 0 saturated heterocycles. The van der Waals surface area contributed by atoms with Gasteiger partial charge in [0.05, 0.1) is 12.3 Å². The molecule has 0 aromatic carbocycles. The van der Waals surface area contributed by atoms with Gasteiger partial charge in [0.15, 0.2) is 0 Å². The van der Waals surface area contributed by atoms with E-state index >= 15 is 0 Å². The van der Waals surface area contributed by atoms with Crippen LogP contribution in [0.3, 0.4) is 0 Å². The SMILES string of the molecule is CCCCCCCCOc1ccc(C)nc1CNC. The van der Waals surface area contributed by atoms with Gasteiger partial charge in [0, 0.05) is 12.2 Å². The molecule has 0 spiro atoms. The van der Waals surface area contributed by atoms with Crippen molar-refractivity contribution in [2.45, 2.75) is 58.9 Å². The molecule has 1 aromatic rings. The van der Waals surface area contributed by atoms with E-state index in [0.717, 1.165) is 36.7 Å². The number of pyridine rings is 1. The lowest BCUT2D eigenvalue weighted by atomic mass is 10.1. The van der Waals surface area contributed by atoms with Crippen LogP contribution in [0.2, 0.25) is 0 Å². The van der Waals surface area contributed by atoms with Crippen LogP contribution >= 0.6 is 0 Å². The second-order valence-corrected chi connectivity index (χ2v) is 5.04.